The van der Waals surface area contributed by atoms with Gasteiger partial charge < -0.3 is 9.84 Å². The molecule has 0 aliphatic rings. The third-order valence-electron chi connectivity index (χ3n) is 4.32. The molecule has 0 aliphatic heterocycles. The fraction of sp³-hybridized carbons (Fsp3) is 0.316. The van der Waals surface area contributed by atoms with Crippen LogP contribution >= 0.6 is 0 Å². The Hall–Kier alpha value is -3.40. The van der Waals surface area contributed by atoms with Crippen molar-refractivity contribution in [3.8, 4) is 17.3 Å². The minimum Gasteiger partial charge on any atom is -0.468 e. The number of aryl methyl sites for hydroxylation is 1. The topological polar surface area (TPSA) is 103 Å². The van der Waals surface area contributed by atoms with E-state index < -0.39 is 18.3 Å². The zero-order valence-electron chi connectivity index (χ0n) is 18.7. The Morgan fingerprint density at radius 3 is 2.86 bits per heavy atom. The van der Waals surface area contributed by atoms with E-state index in [1.807, 2.05) is 0 Å². The number of aliphatic hydroxyl groups is 1. The van der Waals surface area contributed by atoms with Gasteiger partial charge in [-0.25, -0.2) is 14.1 Å². The summed E-state index contributed by atoms with van der Waals surface area (Å²) in [7, 11) is 0. The molecule has 0 amide bonds. The molecule has 0 spiro atoms. The Balaban J connectivity index is 1.74. The highest BCUT2D eigenvalue weighted by Crippen LogP contribution is 2.31. The zero-order valence-corrected chi connectivity index (χ0v) is 15.7. The van der Waals surface area contributed by atoms with Crippen molar-refractivity contribution in [3.63, 3.8) is 0 Å². The lowest BCUT2D eigenvalue weighted by atomic mass is 10.0. The van der Waals surface area contributed by atoms with Gasteiger partial charge in [0.25, 0.3) is 0 Å². The number of benzene rings is 1. The van der Waals surface area contributed by atoms with Crippen molar-refractivity contribution in [1.82, 2.24) is 34.6 Å². The molecule has 0 aliphatic carbocycles. The Morgan fingerprint density at radius 1 is 1.28 bits per heavy atom. The van der Waals surface area contributed by atoms with E-state index in [4.69, 9.17) is 8.85 Å². The molecule has 9 nitrogen and oxygen atoms in total. The first-order valence-electron chi connectivity index (χ1n) is 10.3. The van der Waals surface area contributed by atoms with E-state index in [-0.39, 0.29) is 36.2 Å². The number of nitrogens with zero attached hydrogens (tertiary/aromatic N) is 7. The second kappa shape index (κ2) is 7.21. The van der Waals surface area contributed by atoms with E-state index in [0.717, 1.165) is 0 Å². The van der Waals surface area contributed by atoms with E-state index >= 15 is 0 Å². The summed E-state index contributed by atoms with van der Waals surface area (Å²) in [5.74, 6) is -0.0279. The van der Waals surface area contributed by atoms with E-state index in [0.29, 0.717) is 11.2 Å². The van der Waals surface area contributed by atoms with Gasteiger partial charge in [-0.05, 0) is 38.9 Å². The Bertz CT molecular complexity index is 1260. The minimum atomic E-state index is -2.24. The average molecular weight is 400 g/mol. The SMILES string of the molecule is [2H]C([2H])([2H])Cn1ncnc1COc1nn2c(-c3ccccc3F)nnc2cc1C(C)(C)O. The molecule has 150 valence electrons. The number of ether oxygens (including phenoxy) is 1. The van der Waals surface area contributed by atoms with Crippen LogP contribution in [0.3, 0.4) is 0 Å². The Kier molecular flexibility index (Phi) is 3.86. The maximum absolute atomic E-state index is 14.3. The summed E-state index contributed by atoms with van der Waals surface area (Å²) in [4.78, 5) is 4.04. The van der Waals surface area contributed by atoms with Gasteiger partial charge in [0.15, 0.2) is 17.3 Å². The molecular weight excluding hydrogens is 377 g/mol. The van der Waals surface area contributed by atoms with Gasteiger partial charge in [0, 0.05) is 10.7 Å². The lowest BCUT2D eigenvalue weighted by Gasteiger charge is -2.20. The summed E-state index contributed by atoms with van der Waals surface area (Å²) in [5, 5.41) is 27.0. The lowest BCUT2D eigenvalue weighted by Crippen LogP contribution is -2.20. The maximum atomic E-state index is 14.3. The molecular formula is C19H20FN7O2. The minimum absolute atomic E-state index is 0.0332. The van der Waals surface area contributed by atoms with Crippen LogP contribution in [0.15, 0.2) is 36.7 Å². The fourth-order valence-electron chi connectivity index (χ4n) is 2.84. The van der Waals surface area contributed by atoms with Crippen molar-refractivity contribution in [2.24, 2.45) is 0 Å². The highest BCUT2D eigenvalue weighted by atomic mass is 19.1. The summed E-state index contributed by atoms with van der Waals surface area (Å²) in [6.07, 6.45) is 1.23. The highest BCUT2D eigenvalue weighted by Gasteiger charge is 2.26. The van der Waals surface area contributed by atoms with E-state index in [9.17, 15) is 9.50 Å². The van der Waals surface area contributed by atoms with Crippen molar-refractivity contribution in [2.75, 3.05) is 0 Å². The van der Waals surface area contributed by atoms with Gasteiger partial charge >= 0.3 is 0 Å². The van der Waals surface area contributed by atoms with Crippen LogP contribution in [-0.4, -0.2) is 39.7 Å². The molecule has 0 radical (unpaired) electrons. The largest absolute Gasteiger partial charge is 0.468 e. The molecule has 4 rings (SSSR count). The second-order valence-electron chi connectivity index (χ2n) is 6.82. The van der Waals surface area contributed by atoms with Gasteiger partial charge in [-0.2, -0.15) is 9.61 Å². The van der Waals surface area contributed by atoms with Crippen molar-refractivity contribution in [3.05, 3.63) is 53.9 Å². The lowest BCUT2D eigenvalue weighted by molar-refractivity contribution is 0.0729. The first kappa shape index (κ1) is 15.5. The molecule has 0 unspecified atom stereocenters. The van der Waals surface area contributed by atoms with E-state index in [1.54, 1.807) is 38.1 Å². The van der Waals surface area contributed by atoms with Crippen LogP contribution in [0.1, 0.15) is 36.2 Å². The molecule has 3 aromatic heterocycles. The third kappa shape index (κ3) is 3.54. The summed E-state index contributed by atoms with van der Waals surface area (Å²) in [6, 6.07) is 7.63. The van der Waals surface area contributed by atoms with Crippen LogP contribution in [0, 0.1) is 5.82 Å². The molecule has 10 heteroatoms. The number of aromatic nitrogens is 7. The number of hydrogen-bond acceptors (Lipinski definition) is 7. The maximum Gasteiger partial charge on any atom is 0.238 e. The molecule has 0 saturated heterocycles. The van der Waals surface area contributed by atoms with Crippen LogP contribution in [-0.2, 0) is 18.8 Å². The first-order chi connectivity index (χ1) is 15.0. The molecule has 3 heterocycles. The van der Waals surface area contributed by atoms with Gasteiger partial charge in [-0.15, -0.1) is 15.3 Å². The number of hydrogen-bond donors (Lipinski definition) is 1. The molecule has 0 fully saturated rings. The van der Waals surface area contributed by atoms with E-state index in [1.165, 1.54) is 21.6 Å². The van der Waals surface area contributed by atoms with Gasteiger partial charge in [0.1, 0.15) is 18.8 Å². The monoisotopic (exact) mass is 400 g/mol. The molecule has 4 aromatic rings. The number of rotatable bonds is 6. The normalized spacial score (nSPS) is 13.9. The quantitative estimate of drug-likeness (QED) is 0.530. The number of halogens is 1. The van der Waals surface area contributed by atoms with E-state index in [2.05, 4.69) is 25.4 Å². The molecule has 1 aromatic carbocycles. The van der Waals surface area contributed by atoms with Crippen LogP contribution in [0.25, 0.3) is 17.0 Å². The van der Waals surface area contributed by atoms with Gasteiger partial charge in [-0.3, -0.25) is 0 Å². The third-order valence-corrected chi connectivity index (χ3v) is 4.32. The van der Waals surface area contributed by atoms with Gasteiger partial charge in [0.2, 0.25) is 5.88 Å². The van der Waals surface area contributed by atoms with Crippen LogP contribution in [0.5, 0.6) is 5.88 Å². The van der Waals surface area contributed by atoms with Crippen LogP contribution in [0.2, 0.25) is 0 Å². The van der Waals surface area contributed by atoms with Crippen molar-refractivity contribution < 1.29 is 18.3 Å². The second-order valence-corrected chi connectivity index (χ2v) is 6.82. The highest BCUT2D eigenvalue weighted by molar-refractivity contribution is 5.60. The predicted molar refractivity (Wildman–Crippen MR) is 101 cm³/mol. The zero-order chi connectivity index (χ0) is 23.1. The smallest absolute Gasteiger partial charge is 0.238 e. The van der Waals surface area contributed by atoms with Crippen molar-refractivity contribution >= 4 is 5.65 Å². The summed E-state index contributed by atoms with van der Waals surface area (Å²) in [5.41, 5.74) is -0.537. The predicted octanol–water partition coefficient (Wildman–Crippen LogP) is 2.35. The van der Waals surface area contributed by atoms with Gasteiger partial charge in [0.05, 0.1) is 16.7 Å². The Morgan fingerprint density at radius 2 is 2.10 bits per heavy atom. The summed E-state index contributed by atoms with van der Waals surface area (Å²) < 4.78 is 44.9. The fourth-order valence-corrected chi connectivity index (χ4v) is 2.84. The number of fused-ring (bicyclic) bond motifs is 1. The molecule has 0 saturated carbocycles. The molecule has 0 bridgehead atoms. The van der Waals surface area contributed by atoms with Crippen LogP contribution < -0.4 is 4.74 Å². The van der Waals surface area contributed by atoms with Crippen LogP contribution in [0.4, 0.5) is 4.39 Å². The Labute approximate surface area is 170 Å². The van der Waals surface area contributed by atoms with Crippen molar-refractivity contribution in [1.29, 1.82) is 0 Å². The standard InChI is InChI=1S/C19H20FN7O2/c1-4-26-16(21-11-22-26)10-29-18-13(19(2,3)28)9-15-23-24-17(27(15)25-18)12-7-5-6-8-14(12)20/h5-9,11,28H,4,10H2,1-3H3/i1D3. The van der Waals surface area contributed by atoms with Gasteiger partial charge in [-0.1, -0.05) is 12.1 Å². The first-order valence-corrected chi connectivity index (χ1v) is 8.77. The van der Waals surface area contributed by atoms with Crippen molar-refractivity contribution in [2.45, 2.75) is 39.5 Å². The molecule has 29 heavy (non-hydrogen) atoms. The summed E-state index contributed by atoms with van der Waals surface area (Å²) in [6.45, 7) is 0.375. The molecule has 0 atom stereocenters. The summed E-state index contributed by atoms with van der Waals surface area (Å²) >= 11 is 0. The molecule has 1 N–H and O–H groups in total. The average Bonchev–Trinajstić information content (AvgIpc) is 3.30.